The minimum Gasteiger partial charge on any atom is -0.497 e. The van der Waals surface area contributed by atoms with Crippen LogP contribution < -0.4 is 10.1 Å². The summed E-state index contributed by atoms with van der Waals surface area (Å²) in [6, 6.07) is 17.9. The lowest BCUT2D eigenvalue weighted by molar-refractivity contribution is 0.415. The maximum Gasteiger partial charge on any atom is 0.180 e. The SMILES string of the molecule is COc1ccc(Nc2ncc(-c3ccccc3)n3ccnc23)cc1. The number of ether oxygens (including phenoxy) is 1. The molecule has 1 N–H and O–H groups in total. The van der Waals surface area contributed by atoms with E-state index in [0.717, 1.165) is 28.3 Å². The van der Waals surface area contributed by atoms with Gasteiger partial charge in [-0.1, -0.05) is 30.3 Å². The van der Waals surface area contributed by atoms with Crippen molar-refractivity contribution in [3.8, 4) is 17.0 Å². The van der Waals surface area contributed by atoms with Crippen molar-refractivity contribution in [2.75, 3.05) is 12.4 Å². The van der Waals surface area contributed by atoms with Gasteiger partial charge in [0.05, 0.1) is 19.0 Å². The van der Waals surface area contributed by atoms with Crippen LogP contribution in [0.3, 0.4) is 0 Å². The molecule has 0 fully saturated rings. The molecule has 0 unspecified atom stereocenters. The molecule has 118 valence electrons. The van der Waals surface area contributed by atoms with Crippen molar-refractivity contribution in [3.05, 3.63) is 73.2 Å². The Kier molecular flexibility index (Phi) is 3.59. The number of hydrogen-bond donors (Lipinski definition) is 1. The molecule has 5 nitrogen and oxygen atoms in total. The van der Waals surface area contributed by atoms with E-state index < -0.39 is 0 Å². The van der Waals surface area contributed by atoms with Gasteiger partial charge in [0, 0.05) is 23.6 Å². The van der Waals surface area contributed by atoms with E-state index in [1.165, 1.54) is 0 Å². The van der Waals surface area contributed by atoms with Crippen LogP contribution >= 0.6 is 0 Å². The van der Waals surface area contributed by atoms with Crippen molar-refractivity contribution in [2.45, 2.75) is 0 Å². The van der Waals surface area contributed by atoms with Crippen molar-refractivity contribution in [2.24, 2.45) is 0 Å². The van der Waals surface area contributed by atoms with Gasteiger partial charge in [0.15, 0.2) is 11.5 Å². The second-order valence-electron chi connectivity index (χ2n) is 5.33. The lowest BCUT2D eigenvalue weighted by Crippen LogP contribution is -2.00. The van der Waals surface area contributed by atoms with E-state index in [2.05, 4.69) is 27.4 Å². The number of benzene rings is 2. The van der Waals surface area contributed by atoms with Crippen LogP contribution in [-0.2, 0) is 0 Å². The molecular weight excluding hydrogens is 300 g/mol. The average molecular weight is 316 g/mol. The zero-order chi connectivity index (χ0) is 16.4. The summed E-state index contributed by atoms with van der Waals surface area (Å²) in [7, 11) is 1.65. The normalized spacial score (nSPS) is 10.7. The number of methoxy groups -OCH3 is 1. The summed E-state index contributed by atoms with van der Waals surface area (Å²) in [6.07, 6.45) is 5.58. The van der Waals surface area contributed by atoms with Crippen molar-refractivity contribution < 1.29 is 4.74 Å². The van der Waals surface area contributed by atoms with Crippen LogP contribution in [0.5, 0.6) is 5.75 Å². The third-order valence-corrected chi connectivity index (χ3v) is 3.85. The van der Waals surface area contributed by atoms with Gasteiger partial charge in [0.1, 0.15) is 5.75 Å². The number of rotatable bonds is 4. The molecule has 0 radical (unpaired) electrons. The predicted molar refractivity (Wildman–Crippen MR) is 94.7 cm³/mol. The highest BCUT2D eigenvalue weighted by Gasteiger charge is 2.10. The van der Waals surface area contributed by atoms with Gasteiger partial charge in [0.2, 0.25) is 0 Å². The van der Waals surface area contributed by atoms with E-state index >= 15 is 0 Å². The first-order chi connectivity index (χ1) is 11.8. The molecule has 0 saturated carbocycles. The smallest absolute Gasteiger partial charge is 0.180 e. The third-order valence-electron chi connectivity index (χ3n) is 3.85. The van der Waals surface area contributed by atoms with Crippen LogP contribution in [0.2, 0.25) is 0 Å². The summed E-state index contributed by atoms with van der Waals surface area (Å²) >= 11 is 0. The number of anilines is 2. The summed E-state index contributed by atoms with van der Waals surface area (Å²) in [5.41, 5.74) is 3.82. The zero-order valence-corrected chi connectivity index (χ0v) is 13.2. The fraction of sp³-hybridized carbons (Fsp3) is 0.0526. The molecule has 2 heterocycles. The van der Waals surface area contributed by atoms with E-state index in [9.17, 15) is 0 Å². The average Bonchev–Trinajstić information content (AvgIpc) is 3.13. The predicted octanol–water partition coefficient (Wildman–Crippen LogP) is 4.15. The third kappa shape index (κ3) is 2.56. The molecule has 2 aromatic carbocycles. The minimum atomic E-state index is 0.713. The Balaban J connectivity index is 1.74. The number of nitrogens with one attached hydrogen (secondary N) is 1. The molecule has 0 spiro atoms. The molecule has 0 amide bonds. The topological polar surface area (TPSA) is 51.5 Å². The van der Waals surface area contributed by atoms with Crippen molar-refractivity contribution in [1.29, 1.82) is 0 Å². The number of fused-ring (bicyclic) bond motifs is 1. The maximum atomic E-state index is 5.18. The van der Waals surface area contributed by atoms with Gasteiger partial charge in [-0.15, -0.1) is 0 Å². The van der Waals surface area contributed by atoms with E-state index in [4.69, 9.17) is 4.74 Å². The van der Waals surface area contributed by atoms with Crippen molar-refractivity contribution >= 4 is 17.2 Å². The monoisotopic (exact) mass is 316 g/mol. The zero-order valence-electron chi connectivity index (χ0n) is 13.2. The fourth-order valence-electron chi connectivity index (χ4n) is 2.64. The number of aromatic nitrogens is 3. The molecule has 0 saturated heterocycles. The van der Waals surface area contributed by atoms with E-state index in [-0.39, 0.29) is 0 Å². The lowest BCUT2D eigenvalue weighted by Gasteiger charge is -2.11. The van der Waals surface area contributed by atoms with E-state index in [1.54, 1.807) is 13.3 Å². The van der Waals surface area contributed by atoms with Crippen LogP contribution in [0, 0.1) is 0 Å². The Morgan fingerprint density at radius 2 is 1.75 bits per heavy atom. The van der Waals surface area contributed by atoms with Crippen molar-refractivity contribution in [3.63, 3.8) is 0 Å². The van der Waals surface area contributed by atoms with Gasteiger partial charge in [-0.2, -0.15) is 0 Å². The van der Waals surface area contributed by atoms with Gasteiger partial charge in [-0.05, 0) is 24.3 Å². The lowest BCUT2D eigenvalue weighted by atomic mass is 10.1. The van der Waals surface area contributed by atoms with Gasteiger partial charge in [0.25, 0.3) is 0 Å². The quantitative estimate of drug-likeness (QED) is 0.614. The molecule has 0 aliphatic rings. The Morgan fingerprint density at radius 3 is 2.50 bits per heavy atom. The number of imidazole rings is 1. The molecule has 0 aliphatic carbocycles. The highest BCUT2D eigenvalue weighted by atomic mass is 16.5. The second kappa shape index (κ2) is 6.04. The highest BCUT2D eigenvalue weighted by Crippen LogP contribution is 2.25. The van der Waals surface area contributed by atoms with E-state index in [0.29, 0.717) is 5.82 Å². The van der Waals surface area contributed by atoms with Crippen LogP contribution in [0.1, 0.15) is 0 Å². The Labute approximate surface area is 139 Å². The van der Waals surface area contributed by atoms with Crippen LogP contribution in [0.4, 0.5) is 11.5 Å². The molecule has 0 atom stereocenters. The summed E-state index contributed by atoms with van der Waals surface area (Å²) in [6.45, 7) is 0. The Bertz CT molecular complexity index is 962. The molecular formula is C19H16N4O. The van der Waals surface area contributed by atoms with Gasteiger partial charge < -0.3 is 10.1 Å². The number of nitrogens with zero attached hydrogens (tertiary/aromatic N) is 3. The molecule has 0 aliphatic heterocycles. The van der Waals surface area contributed by atoms with Gasteiger partial charge in [-0.3, -0.25) is 4.40 Å². The maximum absolute atomic E-state index is 5.18. The summed E-state index contributed by atoms with van der Waals surface area (Å²) in [5, 5.41) is 3.31. The van der Waals surface area contributed by atoms with Crippen LogP contribution in [0.15, 0.2) is 73.2 Å². The molecule has 5 heteroatoms. The summed E-state index contributed by atoms with van der Waals surface area (Å²) in [4.78, 5) is 9.02. The molecule has 4 rings (SSSR count). The van der Waals surface area contributed by atoms with Gasteiger partial charge in [-0.25, -0.2) is 9.97 Å². The van der Waals surface area contributed by atoms with Crippen molar-refractivity contribution in [1.82, 2.24) is 14.4 Å². The Hall–Kier alpha value is -3.34. The number of hydrogen-bond acceptors (Lipinski definition) is 4. The first-order valence-electron chi connectivity index (χ1n) is 7.64. The van der Waals surface area contributed by atoms with Crippen LogP contribution in [0.25, 0.3) is 16.9 Å². The fourth-order valence-corrected chi connectivity index (χ4v) is 2.64. The molecule has 4 aromatic rings. The van der Waals surface area contributed by atoms with Gasteiger partial charge >= 0.3 is 0 Å². The largest absolute Gasteiger partial charge is 0.497 e. The highest BCUT2D eigenvalue weighted by molar-refractivity contribution is 5.74. The summed E-state index contributed by atoms with van der Waals surface area (Å²) < 4.78 is 7.22. The van der Waals surface area contributed by atoms with E-state index in [1.807, 2.05) is 59.3 Å². The first-order valence-corrected chi connectivity index (χ1v) is 7.64. The standard InChI is InChI=1S/C19H16N4O/c1-24-16-9-7-15(8-10-16)22-18-19-20-11-12-23(19)17(13-21-18)14-5-3-2-4-6-14/h2-13H,1H3,(H,21,22). The Morgan fingerprint density at radius 1 is 0.958 bits per heavy atom. The summed E-state index contributed by atoms with van der Waals surface area (Å²) in [5.74, 6) is 1.53. The first kappa shape index (κ1) is 14.3. The molecule has 2 aromatic heterocycles. The second-order valence-corrected chi connectivity index (χ2v) is 5.33. The van der Waals surface area contributed by atoms with Crippen LogP contribution in [-0.4, -0.2) is 21.5 Å². The molecule has 24 heavy (non-hydrogen) atoms. The molecule has 0 bridgehead atoms. The minimum absolute atomic E-state index is 0.713.